The molecule has 0 amide bonds. The van der Waals surface area contributed by atoms with Crippen molar-refractivity contribution in [3.63, 3.8) is 0 Å². The summed E-state index contributed by atoms with van der Waals surface area (Å²) in [4.78, 5) is 17.5. The molecule has 1 aromatic rings. The first-order chi connectivity index (χ1) is 11.1. The molecule has 1 heterocycles. The second-order valence-corrected chi connectivity index (χ2v) is 7.24. The molecule has 1 unspecified atom stereocenters. The van der Waals surface area contributed by atoms with E-state index in [4.69, 9.17) is 13.9 Å². The normalized spacial score (nSPS) is 17.7. The van der Waals surface area contributed by atoms with Crippen molar-refractivity contribution in [3.05, 3.63) is 35.9 Å². The van der Waals surface area contributed by atoms with Gasteiger partial charge in [0.05, 0.1) is 31.5 Å². The van der Waals surface area contributed by atoms with E-state index >= 15 is 0 Å². The van der Waals surface area contributed by atoms with Crippen molar-refractivity contribution in [3.8, 4) is 0 Å². The molecule has 126 valence electrons. The largest absolute Gasteiger partial charge is 0.392 e. The van der Waals surface area contributed by atoms with E-state index in [1.807, 2.05) is 18.2 Å². The van der Waals surface area contributed by atoms with Crippen LogP contribution in [0.15, 0.2) is 35.5 Å². The van der Waals surface area contributed by atoms with Crippen molar-refractivity contribution in [2.45, 2.75) is 32.8 Å². The lowest BCUT2D eigenvalue weighted by molar-refractivity contribution is 0.0659. The number of hydrogen-bond acceptors (Lipinski definition) is 6. The highest BCUT2D eigenvalue weighted by Crippen LogP contribution is 2.48. The van der Waals surface area contributed by atoms with Crippen LogP contribution in [-0.4, -0.2) is 37.0 Å². The summed E-state index contributed by atoms with van der Waals surface area (Å²) in [5.74, 6) is 0.00449. The Kier molecular flexibility index (Phi) is 6.51. The summed E-state index contributed by atoms with van der Waals surface area (Å²) in [6.07, 6.45) is 0.479. The van der Waals surface area contributed by atoms with Gasteiger partial charge in [0.1, 0.15) is 6.10 Å². The van der Waals surface area contributed by atoms with Crippen LogP contribution in [0.5, 0.6) is 0 Å². The lowest BCUT2D eigenvalue weighted by atomic mass is 10.0. The Balaban J connectivity index is 1.88. The van der Waals surface area contributed by atoms with Gasteiger partial charge >= 0.3 is 7.60 Å². The van der Waals surface area contributed by atoms with E-state index in [1.54, 1.807) is 26.0 Å². The molecule has 7 heteroatoms. The molecule has 0 aromatic heterocycles. The van der Waals surface area contributed by atoms with Gasteiger partial charge in [-0.05, 0) is 13.8 Å². The third-order valence-corrected chi connectivity index (χ3v) is 5.39. The molecule has 2 rings (SSSR count). The van der Waals surface area contributed by atoms with Crippen molar-refractivity contribution < 1.29 is 23.2 Å². The molecule has 1 aromatic carbocycles. The molecule has 0 saturated heterocycles. The van der Waals surface area contributed by atoms with E-state index in [9.17, 15) is 9.36 Å². The maximum absolute atomic E-state index is 12.5. The lowest BCUT2D eigenvalue weighted by Gasteiger charge is -2.16. The minimum atomic E-state index is -3.18. The zero-order valence-electron chi connectivity index (χ0n) is 13.4. The Bertz CT molecular complexity index is 592. The number of ketones is 1. The third-order valence-electron chi connectivity index (χ3n) is 3.33. The monoisotopic (exact) mass is 339 g/mol. The van der Waals surface area contributed by atoms with E-state index in [0.29, 0.717) is 30.9 Å². The quantitative estimate of drug-likeness (QED) is 0.507. The van der Waals surface area contributed by atoms with Crippen molar-refractivity contribution in [2.24, 2.45) is 5.16 Å². The number of rotatable bonds is 9. The first-order valence-electron chi connectivity index (χ1n) is 7.74. The van der Waals surface area contributed by atoms with Crippen molar-refractivity contribution in [1.82, 2.24) is 0 Å². The topological polar surface area (TPSA) is 74.2 Å². The third kappa shape index (κ3) is 5.27. The Morgan fingerprint density at radius 3 is 2.52 bits per heavy atom. The summed E-state index contributed by atoms with van der Waals surface area (Å²) in [5, 5.41) is 3.95. The van der Waals surface area contributed by atoms with E-state index in [-0.39, 0.29) is 24.5 Å². The molecule has 23 heavy (non-hydrogen) atoms. The van der Waals surface area contributed by atoms with Gasteiger partial charge in [-0.15, -0.1) is 0 Å². The summed E-state index contributed by atoms with van der Waals surface area (Å²) in [6, 6.07) is 9.06. The molecular formula is C16H22NO5P. The van der Waals surface area contributed by atoms with Crippen molar-refractivity contribution in [1.29, 1.82) is 0 Å². The Labute approximate surface area is 136 Å². The minimum absolute atomic E-state index is 0.00449. The number of carbonyl (C=O) groups is 1. The summed E-state index contributed by atoms with van der Waals surface area (Å²) in [7, 11) is -3.18. The lowest BCUT2D eigenvalue weighted by Crippen LogP contribution is -2.16. The standard InChI is InChI=1S/C16H22NO5P/c1-3-20-23(19,21-4-2)12-14-10-15(22-17-14)11-16(18)13-8-6-5-7-9-13/h5-9,15H,3-4,10-12H2,1-2H3. The summed E-state index contributed by atoms with van der Waals surface area (Å²) < 4.78 is 23.0. The van der Waals surface area contributed by atoms with Gasteiger partial charge < -0.3 is 13.9 Å². The average Bonchev–Trinajstić information content (AvgIpc) is 2.95. The van der Waals surface area contributed by atoms with E-state index in [2.05, 4.69) is 5.16 Å². The highest BCUT2D eigenvalue weighted by molar-refractivity contribution is 7.54. The average molecular weight is 339 g/mol. The van der Waals surface area contributed by atoms with Crippen LogP contribution in [-0.2, 0) is 18.5 Å². The zero-order valence-corrected chi connectivity index (χ0v) is 14.3. The molecule has 0 aliphatic carbocycles. The number of nitrogens with zero attached hydrogens (tertiary/aromatic N) is 1. The van der Waals surface area contributed by atoms with E-state index in [0.717, 1.165) is 0 Å². The molecule has 0 N–H and O–H groups in total. The van der Waals surface area contributed by atoms with Crippen LogP contribution in [0.1, 0.15) is 37.0 Å². The van der Waals surface area contributed by atoms with Gasteiger partial charge in [0.25, 0.3) is 0 Å². The Hall–Kier alpha value is -1.49. The van der Waals surface area contributed by atoms with Crippen LogP contribution in [0.3, 0.4) is 0 Å². The van der Waals surface area contributed by atoms with Gasteiger partial charge in [-0.1, -0.05) is 35.5 Å². The fourth-order valence-electron chi connectivity index (χ4n) is 2.38. The van der Waals surface area contributed by atoms with Gasteiger partial charge in [0.15, 0.2) is 5.78 Å². The second-order valence-electron chi connectivity index (χ2n) is 5.19. The number of benzene rings is 1. The minimum Gasteiger partial charge on any atom is -0.392 e. The first-order valence-corrected chi connectivity index (χ1v) is 9.47. The predicted molar refractivity (Wildman–Crippen MR) is 88.0 cm³/mol. The molecule has 6 nitrogen and oxygen atoms in total. The fourth-order valence-corrected chi connectivity index (χ4v) is 4.06. The van der Waals surface area contributed by atoms with Crippen LogP contribution in [0, 0.1) is 0 Å². The van der Waals surface area contributed by atoms with Crippen LogP contribution < -0.4 is 0 Å². The molecule has 0 bridgehead atoms. The molecule has 1 aliphatic heterocycles. The maximum Gasteiger partial charge on any atom is 0.336 e. The number of hydrogen-bond donors (Lipinski definition) is 0. The Morgan fingerprint density at radius 1 is 1.26 bits per heavy atom. The molecule has 0 fully saturated rings. The van der Waals surface area contributed by atoms with Crippen LogP contribution >= 0.6 is 7.60 Å². The smallest absolute Gasteiger partial charge is 0.336 e. The van der Waals surface area contributed by atoms with Crippen LogP contribution in [0.25, 0.3) is 0 Å². The maximum atomic E-state index is 12.5. The zero-order chi connectivity index (χ0) is 16.7. The van der Waals surface area contributed by atoms with Crippen LogP contribution in [0.2, 0.25) is 0 Å². The SMILES string of the molecule is CCOP(=O)(CC1=NOC(CC(=O)c2ccccc2)C1)OCC. The highest BCUT2D eigenvalue weighted by atomic mass is 31.2. The van der Waals surface area contributed by atoms with Gasteiger partial charge in [-0.25, -0.2) is 0 Å². The van der Waals surface area contributed by atoms with E-state index < -0.39 is 7.60 Å². The molecule has 1 atom stereocenters. The van der Waals surface area contributed by atoms with Crippen molar-refractivity contribution >= 4 is 19.1 Å². The van der Waals surface area contributed by atoms with Gasteiger partial charge in [0.2, 0.25) is 0 Å². The number of Topliss-reactive ketones (excluding diaryl/α,β-unsaturated/α-hetero) is 1. The van der Waals surface area contributed by atoms with Gasteiger partial charge in [0, 0.05) is 12.0 Å². The Morgan fingerprint density at radius 2 is 1.91 bits per heavy atom. The first kappa shape index (κ1) is 17.9. The fraction of sp³-hybridized carbons (Fsp3) is 0.500. The molecular weight excluding hydrogens is 317 g/mol. The summed E-state index contributed by atoms with van der Waals surface area (Å²) in [5.41, 5.74) is 1.26. The molecule has 0 radical (unpaired) electrons. The van der Waals surface area contributed by atoms with E-state index in [1.165, 1.54) is 0 Å². The summed E-state index contributed by atoms with van der Waals surface area (Å²) in [6.45, 7) is 4.14. The second kappa shape index (κ2) is 8.39. The van der Waals surface area contributed by atoms with Gasteiger partial charge in [-0.2, -0.15) is 0 Å². The molecule has 0 saturated carbocycles. The number of carbonyl (C=O) groups excluding carboxylic acids is 1. The summed E-state index contributed by atoms with van der Waals surface area (Å²) >= 11 is 0. The highest BCUT2D eigenvalue weighted by Gasteiger charge is 2.32. The molecule has 0 spiro atoms. The van der Waals surface area contributed by atoms with Crippen LogP contribution in [0.4, 0.5) is 0 Å². The predicted octanol–water partition coefficient (Wildman–Crippen LogP) is 3.67. The van der Waals surface area contributed by atoms with Crippen molar-refractivity contribution in [2.75, 3.05) is 19.4 Å². The molecule has 1 aliphatic rings. The van der Waals surface area contributed by atoms with Gasteiger partial charge in [-0.3, -0.25) is 9.36 Å². The number of oxime groups is 1.